The Morgan fingerprint density at radius 1 is 1.13 bits per heavy atom. The third-order valence-electron chi connectivity index (χ3n) is 1.99. The van der Waals surface area contributed by atoms with Gasteiger partial charge in [0, 0.05) is 12.4 Å². The molecule has 0 amide bonds. The van der Waals surface area contributed by atoms with E-state index in [9.17, 15) is 0 Å². The van der Waals surface area contributed by atoms with Crippen molar-refractivity contribution in [1.29, 1.82) is 10.5 Å². The van der Waals surface area contributed by atoms with Crippen LogP contribution in [0.2, 0.25) is 0 Å². The SMILES string of the molecule is N#Cc1ccc(-n2cccc2C#N)nc1. The van der Waals surface area contributed by atoms with Gasteiger partial charge in [0.2, 0.25) is 0 Å². The molecule has 0 bridgehead atoms. The van der Waals surface area contributed by atoms with Crippen molar-refractivity contribution < 1.29 is 0 Å². The number of nitrogens with zero attached hydrogens (tertiary/aromatic N) is 4. The number of rotatable bonds is 1. The molecule has 0 spiro atoms. The van der Waals surface area contributed by atoms with Gasteiger partial charge in [0.25, 0.3) is 0 Å². The molecule has 0 atom stereocenters. The van der Waals surface area contributed by atoms with Crippen LogP contribution in [-0.4, -0.2) is 9.55 Å². The normalized spacial score (nSPS) is 9.20. The highest BCUT2D eigenvalue weighted by atomic mass is 15.1. The van der Waals surface area contributed by atoms with Crippen LogP contribution in [0.4, 0.5) is 0 Å². The number of hydrogen-bond donors (Lipinski definition) is 0. The van der Waals surface area contributed by atoms with Crippen LogP contribution in [0.1, 0.15) is 11.3 Å². The molecule has 0 aromatic carbocycles. The van der Waals surface area contributed by atoms with E-state index in [0.717, 1.165) is 0 Å². The summed E-state index contributed by atoms with van der Waals surface area (Å²) in [6, 6.07) is 10.9. The summed E-state index contributed by atoms with van der Waals surface area (Å²) in [5.74, 6) is 0.635. The second-order valence-corrected chi connectivity index (χ2v) is 2.89. The maximum Gasteiger partial charge on any atom is 0.137 e. The van der Waals surface area contributed by atoms with Crippen LogP contribution in [0.3, 0.4) is 0 Å². The van der Waals surface area contributed by atoms with Crippen LogP contribution in [0, 0.1) is 22.7 Å². The average Bonchev–Trinajstić information content (AvgIpc) is 2.77. The molecule has 2 aromatic heterocycles. The molecule has 2 heterocycles. The van der Waals surface area contributed by atoms with Crippen molar-refractivity contribution in [3.05, 3.63) is 47.9 Å². The Morgan fingerprint density at radius 3 is 2.60 bits per heavy atom. The lowest BCUT2D eigenvalue weighted by molar-refractivity contribution is 0.987. The Balaban J connectivity index is 2.48. The fraction of sp³-hybridized carbons (Fsp3) is 0. The summed E-state index contributed by atoms with van der Waals surface area (Å²) < 4.78 is 1.67. The molecule has 0 aliphatic rings. The van der Waals surface area contributed by atoms with Crippen LogP contribution in [0.15, 0.2) is 36.7 Å². The topological polar surface area (TPSA) is 65.4 Å². The van der Waals surface area contributed by atoms with Crippen molar-refractivity contribution in [1.82, 2.24) is 9.55 Å². The predicted molar refractivity (Wildman–Crippen MR) is 53.0 cm³/mol. The first-order valence-corrected chi connectivity index (χ1v) is 4.29. The van der Waals surface area contributed by atoms with E-state index in [1.165, 1.54) is 6.20 Å². The van der Waals surface area contributed by atoms with E-state index in [4.69, 9.17) is 10.5 Å². The largest absolute Gasteiger partial charge is 0.293 e. The van der Waals surface area contributed by atoms with Crippen LogP contribution in [-0.2, 0) is 0 Å². The molecule has 0 N–H and O–H groups in total. The minimum atomic E-state index is 0.504. The zero-order valence-corrected chi connectivity index (χ0v) is 7.75. The maximum atomic E-state index is 8.82. The van der Waals surface area contributed by atoms with Gasteiger partial charge in [-0.3, -0.25) is 4.57 Å². The molecule has 0 aliphatic heterocycles. The quantitative estimate of drug-likeness (QED) is 0.692. The third kappa shape index (κ3) is 1.56. The second kappa shape index (κ2) is 3.65. The summed E-state index contributed by atoms with van der Waals surface area (Å²) in [4.78, 5) is 4.09. The van der Waals surface area contributed by atoms with Gasteiger partial charge in [0.15, 0.2) is 0 Å². The summed E-state index contributed by atoms with van der Waals surface area (Å²) >= 11 is 0. The molecule has 0 fully saturated rings. The maximum absolute atomic E-state index is 8.82. The van der Waals surface area contributed by atoms with Gasteiger partial charge in [-0.15, -0.1) is 0 Å². The first-order chi connectivity index (χ1) is 7.35. The fourth-order valence-electron chi connectivity index (χ4n) is 1.27. The summed E-state index contributed by atoms with van der Waals surface area (Å²) in [5.41, 5.74) is 1.02. The van der Waals surface area contributed by atoms with E-state index in [2.05, 4.69) is 11.1 Å². The Morgan fingerprint density at radius 2 is 2.00 bits per heavy atom. The minimum Gasteiger partial charge on any atom is -0.293 e. The lowest BCUT2D eigenvalue weighted by atomic mass is 10.3. The summed E-state index contributed by atoms with van der Waals surface area (Å²) in [5, 5.41) is 17.4. The number of pyridine rings is 1. The molecule has 2 rings (SSSR count). The van der Waals surface area contributed by atoms with Crippen LogP contribution in [0.5, 0.6) is 0 Å². The average molecular weight is 194 g/mol. The van der Waals surface area contributed by atoms with Crippen molar-refractivity contribution in [3.8, 4) is 18.0 Å². The predicted octanol–water partition coefficient (Wildman–Crippen LogP) is 1.62. The molecular formula is C11H6N4. The minimum absolute atomic E-state index is 0.504. The molecule has 0 saturated carbocycles. The van der Waals surface area contributed by atoms with Gasteiger partial charge in [-0.1, -0.05) is 0 Å². The molecule has 0 saturated heterocycles. The van der Waals surface area contributed by atoms with Crippen LogP contribution in [0.25, 0.3) is 5.82 Å². The summed E-state index contributed by atoms with van der Waals surface area (Å²) in [7, 11) is 0. The van der Waals surface area contributed by atoms with Gasteiger partial charge < -0.3 is 0 Å². The van der Waals surface area contributed by atoms with Crippen molar-refractivity contribution >= 4 is 0 Å². The third-order valence-corrected chi connectivity index (χ3v) is 1.99. The Labute approximate surface area is 86.6 Å². The molecule has 2 aromatic rings. The molecule has 0 unspecified atom stereocenters. The first kappa shape index (κ1) is 8.98. The Hall–Kier alpha value is -2.59. The zero-order chi connectivity index (χ0) is 10.7. The van der Waals surface area contributed by atoms with E-state index in [0.29, 0.717) is 17.1 Å². The smallest absolute Gasteiger partial charge is 0.137 e. The monoisotopic (exact) mass is 194 g/mol. The lowest BCUT2D eigenvalue weighted by Gasteiger charge is -2.02. The standard InChI is InChI=1S/C11H6N4/c12-6-9-3-4-11(14-8-9)15-5-1-2-10(15)7-13/h1-5,8H. The van der Waals surface area contributed by atoms with Gasteiger partial charge in [-0.2, -0.15) is 10.5 Å². The van der Waals surface area contributed by atoms with Crippen LogP contribution < -0.4 is 0 Å². The first-order valence-electron chi connectivity index (χ1n) is 4.29. The molecule has 0 aliphatic carbocycles. The zero-order valence-electron chi connectivity index (χ0n) is 7.75. The molecule has 15 heavy (non-hydrogen) atoms. The number of nitriles is 2. The lowest BCUT2D eigenvalue weighted by Crippen LogP contribution is -1.98. The van der Waals surface area contributed by atoms with E-state index in [1.807, 2.05) is 6.07 Å². The molecular weight excluding hydrogens is 188 g/mol. The van der Waals surface area contributed by atoms with E-state index >= 15 is 0 Å². The van der Waals surface area contributed by atoms with Gasteiger partial charge in [-0.25, -0.2) is 4.98 Å². The van der Waals surface area contributed by atoms with E-state index in [1.54, 1.807) is 35.0 Å². The Bertz CT molecular complexity index is 552. The fourth-order valence-corrected chi connectivity index (χ4v) is 1.27. The van der Waals surface area contributed by atoms with Gasteiger partial charge in [-0.05, 0) is 24.3 Å². The van der Waals surface area contributed by atoms with E-state index < -0.39 is 0 Å². The van der Waals surface area contributed by atoms with Gasteiger partial charge in [0.05, 0.1) is 5.56 Å². The molecule has 70 valence electrons. The number of aromatic nitrogens is 2. The van der Waals surface area contributed by atoms with Crippen LogP contribution >= 0.6 is 0 Å². The highest BCUT2D eigenvalue weighted by Gasteiger charge is 2.02. The highest BCUT2D eigenvalue weighted by Crippen LogP contribution is 2.09. The van der Waals surface area contributed by atoms with Gasteiger partial charge >= 0.3 is 0 Å². The molecule has 4 nitrogen and oxygen atoms in total. The second-order valence-electron chi connectivity index (χ2n) is 2.89. The van der Waals surface area contributed by atoms with Gasteiger partial charge in [0.1, 0.15) is 23.7 Å². The van der Waals surface area contributed by atoms with E-state index in [-0.39, 0.29) is 0 Å². The number of hydrogen-bond acceptors (Lipinski definition) is 3. The highest BCUT2D eigenvalue weighted by molar-refractivity contribution is 5.37. The molecule has 4 heteroatoms. The Kier molecular flexibility index (Phi) is 2.19. The van der Waals surface area contributed by atoms with Crippen molar-refractivity contribution in [2.75, 3.05) is 0 Å². The molecule has 0 radical (unpaired) electrons. The van der Waals surface area contributed by atoms with Crippen molar-refractivity contribution in [3.63, 3.8) is 0 Å². The van der Waals surface area contributed by atoms with Crippen molar-refractivity contribution in [2.45, 2.75) is 0 Å². The summed E-state index contributed by atoms with van der Waals surface area (Å²) in [6.45, 7) is 0. The van der Waals surface area contributed by atoms with Crippen molar-refractivity contribution in [2.24, 2.45) is 0 Å². The summed E-state index contributed by atoms with van der Waals surface area (Å²) in [6.07, 6.45) is 3.24.